The van der Waals surface area contributed by atoms with Crippen LogP contribution < -0.4 is 10.1 Å². The molecule has 0 unspecified atom stereocenters. The Hall–Kier alpha value is -2.50. The largest absolute Gasteiger partial charge is 0.497 e. The van der Waals surface area contributed by atoms with Crippen molar-refractivity contribution in [3.05, 3.63) is 64.3 Å². The summed E-state index contributed by atoms with van der Waals surface area (Å²) in [6, 6.07) is 12.3. The van der Waals surface area contributed by atoms with Gasteiger partial charge >= 0.3 is 0 Å². The first-order chi connectivity index (χ1) is 15.8. The lowest BCUT2D eigenvalue weighted by atomic mass is 9.88. The third kappa shape index (κ3) is 5.04. The van der Waals surface area contributed by atoms with E-state index in [2.05, 4.69) is 5.32 Å². The quantitative estimate of drug-likeness (QED) is 0.441. The lowest BCUT2D eigenvalue weighted by molar-refractivity contribution is -0.120. The molecule has 1 aliphatic rings. The number of nitrogens with one attached hydrogen (secondary N) is 1. The summed E-state index contributed by atoms with van der Waals surface area (Å²) in [6.07, 6.45) is 5.38. The van der Waals surface area contributed by atoms with Crippen LogP contribution in [0.15, 0.2) is 42.5 Å². The number of hydrogen-bond donors (Lipinski definition) is 1. The second-order valence-electron chi connectivity index (χ2n) is 8.76. The third-order valence-corrected chi connectivity index (χ3v) is 7.29. The maximum atomic E-state index is 13.4. The molecule has 1 fully saturated rings. The minimum Gasteiger partial charge on any atom is -0.497 e. The zero-order valence-electron chi connectivity index (χ0n) is 18.9. The highest BCUT2D eigenvalue weighted by Gasteiger charge is 2.30. The van der Waals surface area contributed by atoms with Gasteiger partial charge in [0.15, 0.2) is 0 Å². The van der Waals surface area contributed by atoms with Gasteiger partial charge in [0.2, 0.25) is 5.91 Å². The number of carbonyl (C=O) groups is 2. The average molecular weight is 487 g/mol. The lowest BCUT2D eigenvalue weighted by Gasteiger charge is -2.31. The van der Waals surface area contributed by atoms with Gasteiger partial charge in [-0.05, 0) is 67.8 Å². The number of hydrogen-bond acceptors (Lipinski definition) is 3. The number of alkyl halides is 1. The lowest BCUT2D eigenvalue weighted by Crippen LogP contribution is -2.40. The first-order valence-electron chi connectivity index (χ1n) is 11.3. The maximum Gasteiger partial charge on any atom is 0.262 e. The normalized spacial score (nSPS) is 15.4. The molecule has 1 aliphatic carbocycles. The molecule has 1 aromatic heterocycles. The molecule has 0 radical (unpaired) electrons. The van der Waals surface area contributed by atoms with Gasteiger partial charge in [0.05, 0.1) is 23.9 Å². The van der Waals surface area contributed by atoms with E-state index in [1.54, 1.807) is 35.9 Å². The van der Waals surface area contributed by atoms with Crippen molar-refractivity contribution in [1.82, 2.24) is 9.88 Å². The second-order valence-corrected chi connectivity index (χ2v) is 10.00. The van der Waals surface area contributed by atoms with Gasteiger partial charge in [0.1, 0.15) is 5.75 Å². The summed E-state index contributed by atoms with van der Waals surface area (Å²) in [6.45, 7) is 2.32. The van der Waals surface area contributed by atoms with Gasteiger partial charge in [-0.2, -0.15) is 0 Å². The number of nitrogens with zero attached hydrogens (tertiary/aromatic N) is 1. The van der Waals surface area contributed by atoms with E-state index in [4.69, 9.17) is 27.9 Å². The van der Waals surface area contributed by atoms with Crippen LogP contribution in [-0.4, -0.2) is 34.9 Å². The number of ether oxygens (including phenoxy) is 1. The van der Waals surface area contributed by atoms with Crippen LogP contribution in [0.1, 0.15) is 53.7 Å². The first kappa shape index (κ1) is 23.7. The Morgan fingerprint density at radius 2 is 1.79 bits per heavy atom. The van der Waals surface area contributed by atoms with Crippen molar-refractivity contribution in [2.75, 3.05) is 13.7 Å². The summed E-state index contributed by atoms with van der Waals surface area (Å²) in [5, 5.41) is 4.42. The topological polar surface area (TPSA) is 60.3 Å². The highest BCUT2D eigenvalue weighted by Crippen LogP contribution is 2.34. The van der Waals surface area contributed by atoms with Gasteiger partial charge in [0, 0.05) is 28.2 Å². The van der Waals surface area contributed by atoms with E-state index in [0.717, 1.165) is 47.8 Å². The van der Waals surface area contributed by atoms with Crippen LogP contribution in [0, 0.1) is 6.92 Å². The number of carbonyl (C=O) groups excluding carboxylic acids is 2. The van der Waals surface area contributed by atoms with Crippen LogP contribution >= 0.6 is 23.2 Å². The zero-order valence-corrected chi connectivity index (χ0v) is 20.4. The number of rotatable bonds is 6. The van der Waals surface area contributed by atoms with Crippen LogP contribution in [0.3, 0.4) is 0 Å². The highest BCUT2D eigenvalue weighted by molar-refractivity contribution is 6.30. The molecular weight excluding hydrogens is 459 g/mol. The van der Waals surface area contributed by atoms with E-state index < -0.39 is 0 Å². The van der Waals surface area contributed by atoms with Crippen LogP contribution in [-0.2, 0) is 11.2 Å². The summed E-state index contributed by atoms with van der Waals surface area (Å²) >= 11 is 12.7. The number of amides is 1. The Labute approximate surface area is 204 Å². The van der Waals surface area contributed by atoms with Crippen molar-refractivity contribution in [3.63, 3.8) is 0 Å². The summed E-state index contributed by atoms with van der Waals surface area (Å²) in [7, 11) is 1.60. The molecule has 33 heavy (non-hydrogen) atoms. The van der Waals surface area contributed by atoms with E-state index in [9.17, 15) is 9.59 Å². The number of fused-ring (bicyclic) bond motifs is 1. The molecule has 2 aromatic carbocycles. The number of halogens is 2. The molecule has 5 nitrogen and oxygen atoms in total. The molecule has 0 atom stereocenters. The van der Waals surface area contributed by atoms with Crippen molar-refractivity contribution in [1.29, 1.82) is 0 Å². The van der Waals surface area contributed by atoms with Gasteiger partial charge in [-0.15, -0.1) is 11.6 Å². The van der Waals surface area contributed by atoms with E-state index in [1.165, 1.54) is 6.42 Å². The van der Waals surface area contributed by atoms with Gasteiger partial charge in [-0.1, -0.05) is 30.9 Å². The van der Waals surface area contributed by atoms with E-state index >= 15 is 0 Å². The molecular formula is C26H28Cl2N2O3. The molecule has 0 aliphatic heterocycles. The predicted molar refractivity (Wildman–Crippen MR) is 133 cm³/mol. The summed E-state index contributed by atoms with van der Waals surface area (Å²) in [5.74, 6) is 0.389. The Morgan fingerprint density at radius 1 is 1.09 bits per heavy atom. The average Bonchev–Trinajstić information content (AvgIpc) is 3.08. The maximum absolute atomic E-state index is 13.4. The number of methoxy groups -OCH3 is 1. The number of benzene rings is 2. The molecule has 174 valence electrons. The molecule has 0 saturated heterocycles. The molecule has 7 heteroatoms. The van der Waals surface area contributed by atoms with Crippen molar-refractivity contribution in [2.24, 2.45) is 0 Å². The molecule has 3 aromatic rings. The van der Waals surface area contributed by atoms with Gasteiger partial charge in [-0.3, -0.25) is 14.2 Å². The van der Waals surface area contributed by atoms with Crippen molar-refractivity contribution >= 4 is 45.9 Å². The van der Waals surface area contributed by atoms with E-state index in [0.29, 0.717) is 22.9 Å². The van der Waals surface area contributed by atoms with Crippen LogP contribution in [0.2, 0.25) is 5.02 Å². The van der Waals surface area contributed by atoms with Gasteiger partial charge in [0.25, 0.3) is 5.91 Å². The second kappa shape index (κ2) is 9.78. The van der Waals surface area contributed by atoms with Crippen molar-refractivity contribution in [2.45, 2.75) is 50.3 Å². The fourth-order valence-corrected chi connectivity index (χ4v) is 5.10. The molecule has 1 saturated carbocycles. The standard InChI is InChI=1S/C26H28Cl2N2O3/c1-17-21(15-24(31)29-16-26(28)12-4-3-5-13-26)22-14-20(33-2)10-11-23(22)30(17)25(32)18-6-8-19(27)9-7-18/h6-11,14H,3-5,12-13,15-16H2,1-2H3,(H,29,31). The Balaban J connectivity index is 1.65. The summed E-state index contributed by atoms with van der Waals surface area (Å²) < 4.78 is 7.06. The van der Waals surface area contributed by atoms with Gasteiger partial charge < -0.3 is 10.1 Å². The Morgan fingerprint density at radius 3 is 2.45 bits per heavy atom. The first-order valence-corrected chi connectivity index (χ1v) is 12.0. The smallest absolute Gasteiger partial charge is 0.262 e. The molecule has 0 spiro atoms. The Bertz CT molecular complexity index is 1180. The molecule has 1 amide bonds. The van der Waals surface area contributed by atoms with Crippen LogP contribution in [0.4, 0.5) is 0 Å². The summed E-state index contributed by atoms with van der Waals surface area (Å²) in [4.78, 5) is 26.0. The summed E-state index contributed by atoms with van der Waals surface area (Å²) in [5.41, 5.74) is 2.78. The molecule has 0 bridgehead atoms. The fourth-order valence-electron chi connectivity index (χ4n) is 4.64. The minimum absolute atomic E-state index is 0.107. The van der Waals surface area contributed by atoms with Crippen molar-refractivity contribution < 1.29 is 14.3 Å². The molecule has 1 heterocycles. The predicted octanol–water partition coefficient (Wildman–Crippen LogP) is 5.90. The molecule has 1 N–H and O–H groups in total. The number of aromatic nitrogens is 1. The molecule has 4 rings (SSSR count). The minimum atomic E-state index is -0.356. The highest BCUT2D eigenvalue weighted by atomic mass is 35.5. The fraction of sp³-hybridized carbons (Fsp3) is 0.385. The SMILES string of the molecule is COc1ccc2c(c1)c(CC(=O)NCC1(Cl)CCCCC1)c(C)n2C(=O)c1ccc(Cl)cc1. The van der Waals surface area contributed by atoms with E-state index in [-0.39, 0.29) is 23.1 Å². The monoisotopic (exact) mass is 486 g/mol. The van der Waals surface area contributed by atoms with E-state index in [1.807, 2.05) is 25.1 Å². The van der Waals surface area contributed by atoms with Crippen LogP contribution in [0.5, 0.6) is 5.75 Å². The third-order valence-electron chi connectivity index (χ3n) is 6.53. The van der Waals surface area contributed by atoms with Gasteiger partial charge in [-0.25, -0.2) is 0 Å². The zero-order chi connectivity index (χ0) is 23.6. The Kier molecular flexibility index (Phi) is 7.01. The van der Waals surface area contributed by atoms with Crippen molar-refractivity contribution in [3.8, 4) is 5.75 Å². The van der Waals surface area contributed by atoms with Crippen LogP contribution in [0.25, 0.3) is 10.9 Å².